The van der Waals surface area contributed by atoms with Crippen molar-refractivity contribution in [2.75, 3.05) is 0 Å². The highest BCUT2D eigenvalue weighted by molar-refractivity contribution is 5.23. The Labute approximate surface area is 68.2 Å². The fraction of sp³-hybridized carbons (Fsp3) is 0.375. The summed E-state index contributed by atoms with van der Waals surface area (Å²) in [7, 11) is 0. The Bertz CT molecular complexity index is 343. The molecular weight excluding hydrogens is 164 g/mol. The Morgan fingerprint density at radius 3 is 2.42 bits per heavy atom. The first-order valence-corrected chi connectivity index (χ1v) is 3.51. The van der Waals surface area contributed by atoms with Crippen molar-refractivity contribution in [3.8, 4) is 0 Å². The van der Waals surface area contributed by atoms with Crippen molar-refractivity contribution in [3.63, 3.8) is 0 Å². The minimum atomic E-state index is -2.61. The Morgan fingerprint density at radius 1 is 1.33 bits per heavy atom. The molecule has 0 bridgehead atoms. The first-order chi connectivity index (χ1) is 5.52. The van der Waals surface area contributed by atoms with Crippen molar-refractivity contribution < 1.29 is 8.78 Å². The molecule has 2 nitrogen and oxygen atoms in total. The molecule has 0 aliphatic rings. The van der Waals surface area contributed by atoms with Gasteiger partial charge >= 0.3 is 0 Å². The molecule has 12 heavy (non-hydrogen) atoms. The molecule has 0 spiro atoms. The van der Waals surface area contributed by atoms with Crippen LogP contribution in [0.25, 0.3) is 0 Å². The van der Waals surface area contributed by atoms with Gasteiger partial charge in [-0.25, -0.2) is 8.78 Å². The van der Waals surface area contributed by atoms with E-state index in [4.69, 9.17) is 0 Å². The normalized spacial score (nSPS) is 10.8. The number of aromatic nitrogens is 1. The quantitative estimate of drug-likeness (QED) is 0.691. The summed E-state index contributed by atoms with van der Waals surface area (Å²) < 4.78 is 24.3. The number of aromatic amines is 1. The molecular formula is C8H9F2NO. The number of H-pyrrole nitrogens is 1. The van der Waals surface area contributed by atoms with E-state index in [9.17, 15) is 13.6 Å². The van der Waals surface area contributed by atoms with Gasteiger partial charge in [-0.05, 0) is 25.5 Å². The van der Waals surface area contributed by atoms with Gasteiger partial charge in [-0.3, -0.25) is 4.79 Å². The van der Waals surface area contributed by atoms with Crippen molar-refractivity contribution in [1.82, 2.24) is 4.98 Å². The smallest absolute Gasteiger partial charge is 0.278 e. The van der Waals surface area contributed by atoms with Crippen LogP contribution in [-0.2, 0) is 0 Å². The molecule has 0 fully saturated rings. The van der Waals surface area contributed by atoms with Crippen LogP contribution in [0.3, 0.4) is 0 Å². The Balaban J connectivity index is 3.33. The van der Waals surface area contributed by atoms with E-state index in [1.54, 1.807) is 13.8 Å². The number of aryl methyl sites for hydroxylation is 2. The first-order valence-electron chi connectivity index (χ1n) is 3.51. The van der Waals surface area contributed by atoms with Crippen LogP contribution in [0.5, 0.6) is 0 Å². The zero-order valence-electron chi connectivity index (χ0n) is 6.82. The molecule has 1 rings (SSSR count). The van der Waals surface area contributed by atoms with Gasteiger partial charge in [-0.15, -0.1) is 0 Å². The number of rotatable bonds is 1. The highest BCUT2D eigenvalue weighted by atomic mass is 19.3. The van der Waals surface area contributed by atoms with E-state index in [0.717, 1.165) is 0 Å². The lowest BCUT2D eigenvalue weighted by Crippen LogP contribution is -2.13. The fourth-order valence-electron chi connectivity index (χ4n) is 1.01. The average Bonchev–Trinajstić information content (AvgIpc) is 1.96. The third kappa shape index (κ3) is 1.52. The van der Waals surface area contributed by atoms with E-state index < -0.39 is 12.0 Å². The fourth-order valence-corrected chi connectivity index (χ4v) is 1.01. The molecule has 0 saturated carbocycles. The summed E-state index contributed by atoms with van der Waals surface area (Å²) in [5, 5.41) is 0. The van der Waals surface area contributed by atoms with E-state index in [0.29, 0.717) is 11.1 Å². The zero-order chi connectivity index (χ0) is 9.30. The van der Waals surface area contributed by atoms with Crippen LogP contribution >= 0.6 is 0 Å². The molecule has 1 N–H and O–H groups in total. The summed E-state index contributed by atoms with van der Waals surface area (Å²) in [5.41, 5.74) is 0.139. The second-order valence-electron chi connectivity index (χ2n) is 2.68. The molecule has 0 aliphatic heterocycles. The van der Waals surface area contributed by atoms with E-state index in [2.05, 4.69) is 4.98 Å². The van der Waals surface area contributed by atoms with Crippen LogP contribution < -0.4 is 5.56 Å². The number of alkyl halides is 2. The number of hydrogen-bond acceptors (Lipinski definition) is 1. The third-order valence-electron chi connectivity index (χ3n) is 1.68. The topological polar surface area (TPSA) is 32.9 Å². The molecule has 0 unspecified atom stereocenters. The van der Waals surface area contributed by atoms with E-state index in [-0.39, 0.29) is 5.69 Å². The molecule has 0 saturated heterocycles. The van der Waals surface area contributed by atoms with Crippen LogP contribution in [-0.4, -0.2) is 4.98 Å². The second-order valence-corrected chi connectivity index (χ2v) is 2.68. The Kier molecular flexibility index (Phi) is 2.26. The van der Waals surface area contributed by atoms with Crippen molar-refractivity contribution in [2.45, 2.75) is 20.3 Å². The number of pyridine rings is 1. The van der Waals surface area contributed by atoms with E-state index >= 15 is 0 Å². The molecule has 66 valence electrons. The lowest BCUT2D eigenvalue weighted by Gasteiger charge is -2.04. The summed E-state index contributed by atoms with van der Waals surface area (Å²) in [6, 6.07) is 1.46. The molecule has 4 heteroatoms. The Morgan fingerprint density at radius 2 is 1.92 bits per heavy atom. The van der Waals surface area contributed by atoms with Gasteiger partial charge in [0.2, 0.25) is 0 Å². The number of halogens is 2. The predicted molar refractivity (Wildman–Crippen MR) is 41.5 cm³/mol. The summed E-state index contributed by atoms with van der Waals surface area (Å²) in [5.74, 6) is 0. The predicted octanol–water partition coefficient (Wildman–Crippen LogP) is 1.93. The monoisotopic (exact) mass is 173 g/mol. The van der Waals surface area contributed by atoms with Crippen molar-refractivity contribution in [3.05, 3.63) is 33.2 Å². The molecule has 0 amide bonds. The lowest BCUT2D eigenvalue weighted by atomic mass is 10.2. The van der Waals surface area contributed by atoms with Gasteiger partial charge in [-0.1, -0.05) is 0 Å². The maximum absolute atomic E-state index is 12.2. The minimum absolute atomic E-state index is 0.286. The molecule has 1 heterocycles. The van der Waals surface area contributed by atoms with Gasteiger partial charge in [-0.2, -0.15) is 0 Å². The maximum atomic E-state index is 12.2. The van der Waals surface area contributed by atoms with Crippen LogP contribution in [0, 0.1) is 13.8 Å². The van der Waals surface area contributed by atoms with Crippen LogP contribution in [0.2, 0.25) is 0 Å². The number of nitrogens with one attached hydrogen (secondary N) is 1. The molecule has 1 aromatic heterocycles. The highest BCUT2D eigenvalue weighted by Crippen LogP contribution is 2.18. The SMILES string of the molecule is Cc1cc(C)c(=O)[nH]c1C(F)F. The van der Waals surface area contributed by atoms with Gasteiger partial charge in [0.1, 0.15) is 0 Å². The summed E-state index contributed by atoms with van der Waals surface area (Å²) in [4.78, 5) is 13.0. The largest absolute Gasteiger partial charge is 0.321 e. The molecule has 0 radical (unpaired) electrons. The Hall–Kier alpha value is -1.19. The molecule has 1 aromatic rings. The molecule has 0 aromatic carbocycles. The molecule has 0 aliphatic carbocycles. The molecule has 0 atom stereocenters. The minimum Gasteiger partial charge on any atom is -0.321 e. The van der Waals surface area contributed by atoms with Gasteiger partial charge < -0.3 is 4.98 Å². The van der Waals surface area contributed by atoms with E-state index in [1.165, 1.54) is 6.07 Å². The van der Waals surface area contributed by atoms with Gasteiger partial charge in [0.05, 0.1) is 5.69 Å². The maximum Gasteiger partial charge on any atom is 0.278 e. The standard InChI is InChI=1S/C8H9F2NO/c1-4-3-5(2)8(12)11-6(4)7(9)10/h3,7H,1-2H3,(H,11,12). The van der Waals surface area contributed by atoms with Gasteiger partial charge in [0, 0.05) is 5.56 Å². The third-order valence-corrected chi connectivity index (χ3v) is 1.68. The highest BCUT2D eigenvalue weighted by Gasteiger charge is 2.11. The zero-order valence-corrected chi connectivity index (χ0v) is 6.82. The first kappa shape index (κ1) is 8.90. The van der Waals surface area contributed by atoms with Crippen molar-refractivity contribution >= 4 is 0 Å². The van der Waals surface area contributed by atoms with Crippen LogP contribution in [0.1, 0.15) is 23.2 Å². The van der Waals surface area contributed by atoms with Crippen LogP contribution in [0.15, 0.2) is 10.9 Å². The lowest BCUT2D eigenvalue weighted by molar-refractivity contribution is 0.145. The van der Waals surface area contributed by atoms with Crippen LogP contribution in [0.4, 0.5) is 8.78 Å². The van der Waals surface area contributed by atoms with E-state index in [1.807, 2.05) is 0 Å². The van der Waals surface area contributed by atoms with Gasteiger partial charge in [0.15, 0.2) is 0 Å². The summed E-state index contributed by atoms with van der Waals surface area (Å²) >= 11 is 0. The summed E-state index contributed by atoms with van der Waals surface area (Å²) in [6.07, 6.45) is -2.61. The van der Waals surface area contributed by atoms with Crippen molar-refractivity contribution in [2.24, 2.45) is 0 Å². The summed E-state index contributed by atoms with van der Waals surface area (Å²) in [6.45, 7) is 3.13. The average molecular weight is 173 g/mol. The second kappa shape index (κ2) is 3.05. The van der Waals surface area contributed by atoms with Gasteiger partial charge in [0.25, 0.3) is 12.0 Å². The number of hydrogen-bond donors (Lipinski definition) is 1. The van der Waals surface area contributed by atoms with Crippen molar-refractivity contribution in [1.29, 1.82) is 0 Å².